The summed E-state index contributed by atoms with van der Waals surface area (Å²) in [7, 11) is 0. The van der Waals surface area contributed by atoms with Crippen LogP contribution in [0, 0.1) is 0 Å². The van der Waals surface area contributed by atoms with Crippen LogP contribution in [0.1, 0.15) is 5.56 Å². The predicted molar refractivity (Wildman–Crippen MR) is 109 cm³/mol. The highest BCUT2D eigenvalue weighted by atomic mass is 16.2. The molecule has 3 N–H and O–H groups in total. The van der Waals surface area contributed by atoms with Gasteiger partial charge in [-0.2, -0.15) is 5.10 Å². The molecule has 0 unspecified atom stereocenters. The predicted octanol–water partition coefficient (Wildman–Crippen LogP) is 4.30. The molecular formula is C22H18N4O. The maximum atomic E-state index is 11.0. The minimum Gasteiger partial charge on any atom is -0.350 e. The van der Waals surface area contributed by atoms with Crippen molar-refractivity contribution in [1.29, 1.82) is 0 Å². The first-order valence-corrected chi connectivity index (χ1v) is 8.58. The number of amides is 2. The molecule has 0 radical (unpaired) electrons. The summed E-state index contributed by atoms with van der Waals surface area (Å²) in [6.45, 7) is 0. The van der Waals surface area contributed by atoms with Crippen molar-refractivity contribution in [2.24, 2.45) is 10.8 Å². The normalized spacial score (nSPS) is 11.1. The van der Waals surface area contributed by atoms with Crippen molar-refractivity contribution in [3.05, 3.63) is 90.5 Å². The van der Waals surface area contributed by atoms with Crippen LogP contribution in [0.4, 0.5) is 4.79 Å². The Bertz CT molecular complexity index is 1120. The van der Waals surface area contributed by atoms with Crippen LogP contribution >= 0.6 is 0 Å². The van der Waals surface area contributed by atoms with Crippen molar-refractivity contribution in [3.8, 4) is 16.9 Å². The molecular weight excluding hydrogens is 336 g/mol. The number of benzene rings is 3. The molecule has 0 atom stereocenters. The molecule has 0 spiro atoms. The number of para-hydroxylation sites is 2. The van der Waals surface area contributed by atoms with Gasteiger partial charge in [-0.15, -0.1) is 0 Å². The summed E-state index contributed by atoms with van der Waals surface area (Å²) in [5, 5.41) is 5.06. The second kappa shape index (κ2) is 7.17. The molecule has 1 heterocycles. The van der Waals surface area contributed by atoms with Crippen LogP contribution in [0.25, 0.3) is 27.8 Å². The summed E-state index contributed by atoms with van der Waals surface area (Å²) >= 11 is 0. The molecule has 27 heavy (non-hydrogen) atoms. The molecule has 0 saturated carbocycles. The van der Waals surface area contributed by atoms with Gasteiger partial charge in [0.15, 0.2) is 0 Å². The number of nitrogens with two attached hydrogens (primary N) is 1. The van der Waals surface area contributed by atoms with E-state index in [-0.39, 0.29) is 0 Å². The van der Waals surface area contributed by atoms with E-state index < -0.39 is 6.03 Å². The lowest BCUT2D eigenvalue weighted by atomic mass is 10.1. The number of urea groups is 1. The molecule has 5 heteroatoms. The second-order valence-electron chi connectivity index (χ2n) is 6.05. The smallest absolute Gasteiger partial charge is 0.332 e. The Hall–Kier alpha value is -3.86. The minimum absolute atomic E-state index is 0.695. The molecule has 5 nitrogen and oxygen atoms in total. The molecule has 1 aromatic heterocycles. The largest absolute Gasteiger partial charge is 0.350 e. The average Bonchev–Trinajstić information content (AvgIpc) is 3.03. The van der Waals surface area contributed by atoms with Gasteiger partial charge in [0.1, 0.15) is 0 Å². The molecule has 0 aliphatic rings. The fourth-order valence-corrected chi connectivity index (χ4v) is 3.28. The number of nitrogens with one attached hydrogen (secondary N) is 1. The van der Waals surface area contributed by atoms with Gasteiger partial charge < -0.3 is 10.3 Å². The summed E-state index contributed by atoms with van der Waals surface area (Å²) in [6.07, 6.45) is 1.65. The van der Waals surface area contributed by atoms with E-state index in [4.69, 9.17) is 5.73 Å². The van der Waals surface area contributed by atoms with E-state index in [9.17, 15) is 4.79 Å². The van der Waals surface area contributed by atoms with Crippen LogP contribution in [0.2, 0.25) is 0 Å². The third-order valence-corrected chi connectivity index (χ3v) is 4.34. The van der Waals surface area contributed by atoms with Crippen molar-refractivity contribution in [2.75, 3.05) is 0 Å². The molecule has 4 aromatic rings. The summed E-state index contributed by atoms with van der Waals surface area (Å²) in [5.41, 5.74) is 12.5. The van der Waals surface area contributed by atoms with Gasteiger partial charge in [-0.05, 0) is 23.8 Å². The molecule has 4 rings (SSSR count). The minimum atomic E-state index is -0.695. The maximum Gasteiger partial charge on any atom is 0.332 e. The van der Waals surface area contributed by atoms with Crippen LogP contribution < -0.4 is 11.2 Å². The van der Waals surface area contributed by atoms with E-state index in [1.54, 1.807) is 6.21 Å². The van der Waals surface area contributed by atoms with E-state index >= 15 is 0 Å². The summed E-state index contributed by atoms with van der Waals surface area (Å²) < 4.78 is 2.20. The molecule has 132 valence electrons. The zero-order chi connectivity index (χ0) is 18.6. The Labute approximate surface area is 156 Å². The van der Waals surface area contributed by atoms with Crippen LogP contribution in [-0.2, 0) is 0 Å². The zero-order valence-electron chi connectivity index (χ0n) is 14.5. The van der Waals surface area contributed by atoms with E-state index in [1.165, 1.54) is 0 Å². The second-order valence-corrected chi connectivity index (χ2v) is 6.05. The number of carbonyl (C=O) groups excluding carboxylic acids is 1. The van der Waals surface area contributed by atoms with E-state index in [2.05, 4.69) is 45.4 Å². The molecule has 0 bridgehead atoms. The SMILES string of the molecule is NC(=O)N/N=C\c1c(-c2ccccc2)n(-c2ccccc2)c2ccccc12. The van der Waals surface area contributed by atoms with Gasteiger partial charge in [0.05, 0.1) is 17.4 Å². The van der Waals surface area contributed by atoms with Crippen molar-refractivity contribution in [3.63, 3.8) is 0 Å². The van der Waals surface area contributed by atoms with Crippen LogP contribution in [0.5, 0.6) is 0 Å². The number of hydrogen-bond acceptors (Lipinski definition) is 2. The Kier molecular flexibility index (Phi) is 4.41. The number of aromatic nitrogens is 1. The van der Waals surface area contributed by atoms with Gasteiger partial charge in [0, 0.05) is 16.6 Å². The maximum absolute atomic E-state index is 11.0. The molecule has 0 fully saturated rings. The Morgan fingerprint density at radius 3 is 2.22 bits per heavy atom. The van der Waals surface area contributed by atoms with Gasteiger partial charge in [-0.25, -0.2) is 10.2 Å². The number of hydrazone groups is 1. The van der Waals surface area contributed by atoms with Crippen molar-refractivity contribution in [1.82, 2.24) is 9.99 Å². The first kappa shape index (κ1) is 16.6. The molecule has 0 aliphatic heterocycles. The van der Waals surface area contributed by atoms with Crippen LogP contribution in [0.15, 0.2) is 90.0 Å². The summed E-state index contributed by atoms with van der Waals surface area (Å²) in [6, 6.07) is 27.7. The van der Waals surface area contributed by atoms with Gasteiger partial charge in [-0.1, -0.05) is 66.7 Å². The average molecular weight is 354 g/mol. The lowest BCUT2D eigenvalue weighted by molar-refractivity contribution is 0.249. The number of primary amides is 1. The fourth-order valence-electron chi connectivity index (χ4n) is 3.28. The van der Waals surface area contributed by atoms with E-state index in [0.717, 1.165) is 33.4 Å². The molecule has 3 aromatic carbocycles. The van der Waals surface area contributed by atoms with Crippen LogP contribution in [0.3, 0.4) is 0 Å². The lowest BCUT2D eigenvalue weighted by Gasteiger charge is -2.12. The molecule has 0 aliphatic carbocycles. The van der Waals surface area contributed by atoms with E-state index in [0.29, 0.717) is 0 Å². The standard InChI is InChI=1S/C22H18N4O/c23-22(27)25-24-15-19-18-13-7-8-14-20(18)26(17-11-5-2-6-12-17)21(19)16-9-3-1-4-10-16/h1-15H,(H3,23,25,27)/b24-15-. The first-order valence-electron chi connectivity index (χ1n) is 8.58. The lowest BCUT2D eigenvalue weighted by Crippen LogP contribution is -2.24. The van der Waals surface area contributed by atoms with Crippen molar-refractivity contribution >= 4 is 23.1 Å². The monoisotopic (exact) mass is 354 g/mol. The number of carbonyl (C=O) groups is 1. The Morgan fingerprint density at radius 1 is 0.889 bits per heavy atom. The third-order valence-electron chi connectivity index (χ3n) is 4.34. The first-order chi connectivity index (χ1) is 13.3. The number of rotatable bonds is 4. The quantitative estimate of drug-likeness (QED) is 0.416. The molecule has 2 amide bonds. The highest BCUT2D eigenvalue weighted by Crippen LogP contribution is 2.35. The van der Waals surface area contributed by atoms with Gasteiger partial charge in [-0.3, -0.25) is 0 Å². The highest BCUT2D eigenvalue weighted by Gasteiger charge is 2.18. The zero-order valence-corrected chi connectivity index (χ0v) is 14.5. The van der Waals surface area contributed by atoms with Crippen molar-refractivity contribution in [2.45, 2.75) is 0 Å². The fraction of sp³-hybridized carbons (Fsp3) is 0. The Balaban J connectivity index is 2.06. The van der Waals surface area contributed by atoms with Gasteiger partial charge >= 0.3 is 6.03 Å². The Morgan fingerprint density at radius 2 is 1.52 bits per heavy atom. The number of fused-ring (bicyclic) bond motifs is 1. The van der Waals surface area contributed by atoms with Crippen molar-refractivity contribution < 1.29 is 4.79 Å². The topological polar surface area (TPSA) is 72.4 Å². The summed E-state index contributed by atoms with van der Waals surface area (Å²) in [4.78, 5) is 11.0. The highest BCUT2D eigenvalue weighted by molar-refractivity contribution is 6.07. The van der Waals surface area contributed by atoms with Gasteiger partial charge in [0.2, 0.25) is 0 Å². The molecule has 0 saturated heterocycles. The van der Waals surface area contributed by atoms with E-state index in [1.807, 2.05) is 54.6 Å². The number of hydrogen-bond donors (Lipinski definition) is 2. The van der Waals surface area contributed by atoms with Gasteiger partial charge in [0.25, 0.3) is 0 Å². The van der Waals surface area contributed by atoms with Crippen LogP contribution in [-0.4, -0.2) is 16.8 Å². The number of nitrogens with zero attached hydrogens (tertiary/aromatic N) is 2. The third kappa shape index (κ3) is 3.18. The summed E-state index contributed by atoms with van der Waals surface area (Å²) in [5.74, 6) is 0.